The number of hydrogen-bond acceptors (Lipinski definition) is 4. The Morgan fingerprint density at radius 3 is 2.95 bits per heavy atom. The second-order valence-corrected chi connectivity index (χ2v) is 5.85. The Kier molecular flexibility index (Phi) is 5.24. The molecule has 0 N–H and O–H groups in total. The molecule has 2 atom stereocenters. The van der Waals surface area contributed by atoms with Crippen LogP contribution < -0.4 is 0 Å². The SMILES string of the molecule is COC[C@@H]1CCCN1/N=C1/CO[C@H]1C/C=C/c1ccccc1. The van der Waals surface area contributed by atoms with Gasteiger partial charge in [0, 0.05) is 13.7 Å². The molecule has 2 heterocycles. The molecule has 3 rings (SSSR count). The van der Waals surface area contributed by atoms with Crippen LogP contribution >= 0.6 is 0 Å². The molecular weight excluding hydrogens is 276 g/mol. The molecule has 2 aliphatic heterocycles. The van der Waals surface area contributed by atoms with Gasteiger partial charge in [0.1, 0.15) is 6.10 Å². The summed E-state index contributed by atoms with van der Waals surface area (Å²) in [6.07, 6.45) is 7.71. The molecule has 0 amide bonds. The normalized spacial score (nSPS) is 26.8. The summed E-state index contributed by atoms with van der Waals surface area (Å²) < 4.78 is 10.9. The van der Waals surface area contributed by atoms with Crippen LogP contribution in [0.3, 0.4) is 0 Å². The fraction of sp³-hybridized carbons (Fsp3) is 0.500. The van der Waals surface area contributed by atoms with Crippen molar-refractivity contribution in [2.24, 2.45) is 5.10 Å². The van der Waals surface area contributed by atoms with Crippen molar-refractivity contribution >= 4 is 11.8 Å². The van der Waals surface area contributed by atoms with Gasteiger partial charge in [0.25, 0.3) is 0 Å². The van der Waals surface area contributed by atoms with Crippen molar-refractivity contribution in [3.05, 3.63) is 42.0 Å². The lowest BCUT2D eigenvalue weighted by atomic mass is 10.1. The van der Waals surface area contributed by atoms with E-state index in [1.807, 2.05) is 6.07 Å². The van der Waals surface area contributed by atoms with Crippen LogP contribution in [0.1, 0.15) is 24.8 Å². The molecule has 0 aliphatic carbocycles. The zero-order valence-electron chi connectivity index (χ0n) is 13.1. The third-order valence-corrected chi connectivity index (χ3v) is 4.23. The Hall–Kier alpha value is -1.65. The smallest absolute Gasteiger partial charge is 0.104 e. The van der Waals surface area contributed by atoms with E-state index in [0.29, 0.717) is 12.6 Å². The molecule has 0 bridgehead atoms. The van der Waals surface area contributed by atoms with Crippen molar-refractivity contribution in [1.82, 2.24) is 5.01 Å². The molecule has 0 aromatic heterocycles. The van der Waals surface area contributed by atoms with Crippen molar-refractivity contribution in [3.63, 3.8) is 0 Å². The first-order valence-corrected chi connectivity index (χ1v) is 8.03. The summed E-state index contributed by atoms with van der Waals surface area (Å²) in [5, 5.41) is 6.99. The molecule has 0 unspecified atom stereocenters. The summed E-state index contributed by atoms with van der Waals surface area (Å²) in [5.74, 6) is 0. The van der Waals surface area contributed by atoms with Crippen LogP contribution in [-0.4, -0.2) is 49.7 Å². The number of hydrazone groups is 1. The zero-order chi connectivity index (χ0) is 15.2. The maximum atomic E-state index is 5.65. The van der Waals surface area contributed by atoms with Gasteiger partial charge in [0.15, 0.2) is 0 Å². The standard InChI is InChI=1S/C18H24N2O2/c1-21-13-16-10-6-12-20(16)19-17-14-22-18(17)11-5-9-15-7-3-2-4-8-15/h2-5,7-9,16,18H,6,10-14H2,1H3/b9-5+,19-17-/t16-,18-/m0/s1. The van der Waals surface area contributed by atoms with Gasteiger partial charge in [0.2, 0.25) is 0 Å². The van der Waals surface area contributed by atoms with Gasteiger partial charge in [-0.1, -0.05) is 42.5 Å². The van der Waals surface area contributed by atoms with E-state index in [1.54, 1.807) is 7.11 Å². The number of hydrogen-bond donors (Lipinski definition) is 0. The van der Waals surface area contributed by atoms with Crippen molar-refractivity contribution in [3.8, 4) is 0 Å². The van der Waals surface area contributed by atoms with Crippen molar-refractivity contribution in [1.29, 1.82) is 0 Å². The van der Waals surface area contributed by atoms with E-state index in [1.165, 1.54) is 24.1 Å². The van der Waals surface area contributed by atoms with Crippen LogP contribution in [0.15, 0.2) is 41.5 Å². The summed E-state index contributed by atoms with van der Waals surface area (Å²) in [5.41, 5.74) is 2.39. The Labute approximate surface area is 132 Å². The van der Waals surface area contributed by atoms with Crippen LogP contribution in [0.4, 0.5) is 0 Å². The van der Waals surface area contributed by atoms with Gasteiger partial charge >= 0.3 is 0 Å². The number of benzene rings is 1. The highest BCUT2D eigenvalue weighted by atomic mass is 16.5. The molecule has 1 aromatic rings. The monoisotopic (exact) mass is 300 g/mol. The van der Waals surface area contributed by atoms with E-state index in [9.17, 15) is 0 Å². The van der Waals surface area contributed by atoms with Gasteiger partial charge in [0.05, 0.1) is 25.0 Å². The van der Waals surface area contributed by atoms with E-state index in [-0.39, 0.29) is 6.10 Å². The van der Waals surface area contributed by atoms with Crippen molar-refractivity contribution in [2.45, 2.75) is 31.4 Å². The number of ether oxygens (including phenoxy) is 2. The molecule has 2 fully saturated rings. The average molecular weight is 300 g/mol. The van der Waals surface area contributed by atoms with Gasteiger partial charge < -0.3 is 9.47 Å². The van der Waals surface area contributed by atoms with Crippen molar-refractivity contribution < 1.29 is 9.47 Å². The quantitative estimate of drug-likeness (QED) is 0.810. The number of rotatable bonds is 6. The Morgan fingerprint density at radius 1 is 1.36 bits per heavy atom. The van der Waals surface area contributed by atoms with Gasteiger partial charge in [-0.3, -0.25) is 5.01 Å². The third-order valence-electron chi connectivity index (χ3n) is 4.23. The van der Waals surface area contributed by atoms with Gasteiger partial charge in [-0.15, -0.1) is 0 Å². The van der Waals surface area contributed by atoms with Crippen LogP contribution in [0.25, 0.3) is 6.08 Å². The third kappa shape index (κ3) is 3.76. The fourth-order valence-electron chi connectivity index (χ4n) is 2.94. The molecule has 0 spiro atoms. The van der Waals surface area contributed by atoms with E-state index in [4.69, 9.17) is 14.6 Å². The average Bonchev–Trinajstić information content (AvgIpc) is 2.97. The van der Waals surface area contributed by atoms with Crippen LogP contribution in [-0.2, 0) is 9.47 Å². The molecule has 2 saturated heterocycles. The largest absolute Gasteiger partial charge is 0.382 e. The maximum Gasteiger partial charge on any atom is 0.104 e. The first kappa shape index (κ1) is 15.3. The lowest BCUT2D eigenvalue weighted by molar-refractivity contribution is 0.0660. The summed E-state index contributed by atoms with van der Waals surface area (Å²) in [6.45, 7) is 2.46. The van der Waals surface area contributed by atoms with E-state index >= 15 is 0 Å². The highest BCUT2D eigenvalue weighted by Crippen LogP contribution is 2.21. The first-order valence-electron chi connectivity index (χ1n) is 8.03. The van der Waals surface area contributed by atoms with Crippen LogP contribution in [0.2, 0.25) is 0 Å². The topological polar surface area (TPSA) is 34.1 Å². The molecular formula is C18H24N2O2. The second kappa shape index (κ2) is 7.56. The summed E-state index contributed by atoms with van der Waals surface area (Å²) in [4.78, 5) is 0. The maximum absolute atomic E-state index is 5.65. The Morgan fingerprint density at radius 2 is 2.23 bits per heavy atom. The lowest BCUT2D eigenvalue weighted by Crippen LogP contribution is -2.43. The number of nitrogens with zero attached hydrogens (tertiary/aromatic N) is 2. The molecule has 2 aliphatic rings. The highest BCUT2D eigenvalue weighted by Gasteiger charge is 2.30. The summed E-state index contributed by atoms with van der Waals surface area (Å²) >= 11 is 0. The molecule has 1 aromatic carbocycles. The fourth-order valence-corrected chi connectivity index (χ4v) is 2.94. The number of methoxy groups -OCH3 is 1. The van der Waals surface area contributed by atoms with E-state index < -0.39 is 0 Å². The van der Waals surface area contributed by atoms with Crippen LogP contribution in [0.5, 0.6) is 0 Å². The molecule has 118 valence electrons. The molecule has 0 saturated carbocycles. The lowest BCUT2D eigenvalue weighted by Gasteiger charge is -2.31. The van der Waals surface area contributed by atoms with Gasteiger partial charge in [-0.2, -0.15) is 5.10 Å². The van der Waals surface area contributed by atoms with E-state index in [2.05, 4.69) is 41.4 Å². The summed E-state index contributed by atoms with van der Waals surface area (Å²) in [7, 11) is 1.76. The van der Waals surface area contributed by atoms with Crippen molar-refractivity contribution in [2.75, 3.05) is 26.9 Å². The Bertz CT molecular complexity index is 527. The first-order chi connectivity index (χ1) is 10.9. The second-order valence-electron chi connectivity index (χ2n) is 5.85. The van der Waals surface area contributed by atoms with Crippen LogP contribution in [0, 0.1) is 0 Å². The minimum absolute atomic E-state index is 0.142. The van der Waals surface area contributed by atoms with E-state index in [0.717, 1.165) is 19.6 Å². The predicted molar refractivity (Wildman–Crippen MR) is 88.9 cm³/mol. The van der Waals surface area contributed by atoms with Gasteiger partial charge in [-0.05, 0) is 24.8 Å². The molecule has 22 heavy (non-hydrogen) atoms. The predicted octanol–water partition coefficient (Wildman–Crippen LogP) is 2.96. The highest BCUT2D eigenvalue weighted by molar-refractivity contribution is 5.93. The molecule has 4 nitrogen and oxygen atoms in total. The minimum Gasteiger partial charge on any atom is -0.382 e. The zero-order valence-corrected chi connectivity index (χ0v) is 13.1. The van der Waals surface area contributed by atoms with Gasteiger partial charge in [-0.25, -0.2) is 0 Å². The molecule has 4 heteroatoms. The Balaban J connectivity index is 1.53. The minimum atomic E-state index is 0.142. The molecule has 0 radical (unpaired) electrons. The summed E-state index contributed by atoms with van der Waals surface area (Å²) in [6, 6.07) is 10.8.